The van der Waals surface area contributed by atoms with Crippen molar-refractivity contribution in [2.75, 3.05) is 18.5 Å². The number of rotatable bonds is 4. The first kappa shape index (κ1) is 12.1. The Hall–Kier alpha value is -1.02. The van der Waals surface area contributed by atoms with Gasteiger partial charge in [0.1, 0.15) is 0 Å². The van der Waals surface area contributed by atoms with Gasteiger partial charge in [-0.05, 0) is 30.5 Å². The summed E-state index contributed by atoms with van der Waals surface area (Å²) in [7, 11) is 2.09. The minimum atomic E-state index is -0.380. The summed E-state index contributed by atoms with van der Waals surface area (Å²) < 4.78 is 0. The Morgan fingerprint density at radius 1 is 1.13 bits per heavy atom. The first-order valence-corrected chi connectivity index (χ1v) is 5.50. The molecule has 1 aromatic rings. The second-order valence-electron chi connectivity index (χ2n) is 4.54. The fraction of sp³-hybridized carbons (Fsp3) is 0.538. The predicted molar refractivity (Wildman–Crippen MR) is 65.2 cm³/mol. The van der Waals surface area contributed by atoms with Crippen molar-refractivity contribution in [3.63, 3.8) is 0 Å². The predicted octanol–water partition coefficient (Wildman–Crippen LogP) is 2.83. The minimum absolute atomic E-state index is 0.380. The van der Waals surface area contributed by atoms with Gasteiger partial charge in [0.25, 0.3) is 0 Å². The average molecular weight is 207 g/mol. The number of nitrogens with zero attached hydrogens (tertiary/aromatic N) is 1. The van der Waals surface area contributed by atoms with Gasteiger partial charge in [0, 0.05) is 19.3 Å². The van der Waals surface area contributed by atoms with E-state index in [1.54, 1.807) is 6.92 Å². The van der Waals surface area contributed by atoms with E-state index in [1.807, 2.05) is 12.1 Å². The summed E-state index contributed by atoms with van der Waals surface area (Å²) in [6, 6.07) is 8.09. The highest BCUT2D eigenvalue weighted by molar-refractivity contribution is 5.47. The van der Waals surface area contributed by atoms with Gasteiger partial charge in [-0.1, -0.05) is 26.0 Å². The molecule has 0 amide bonds. The summed E-state index contributed by atoms with van der Waals surface area (Å²) in [6.07, 6.45) is -0.380. The van der Waals surface area contributed by atoms with E-state index in [4.69, 9.17) is 0 Å². The van der Waals surface area contributed by atoms with Gasteiger partial charge in [-0.3, -0.25) is 0 Å². The van der Waals surface area contributed by atoms with E-state index in [-0.39, 0.29) is 6.10 Å². The summed E-state index contributed by atoms with van der Waals surface area (Å²) in [5.41, 5.74) is 2.17. The summed E-state index contributed by atoms with van der Waals surface area (Å²) >= 11 is 0. The third kappa shape index (κ3) is 3.56. The summed E-state index contributed by atoms with van der Waals surface area (Å²) in [4.78, 5) is 2.23. The molecule has 0 unspecified atom stereocenters. The third-order valence-corrected chi connectivity index (χ3v) is 2.46. The highest BCUT2D eigenvalue weighted by Crippen LogP contribution is 2.18. The standard InChI is InChI=1S/C13H21NO/c1-10(2)9-14(4)13-7-5-12(6-8-13)11(3)15/h5-8,10-11,15H,9H2,1-4H3/t11-/m1/s1. The van der Waals surface area contributed by atoms with Crippen molar-refractivity contribution in [2.45, 2.75) is 26.9 Å². The first-order valence-electron chi connectivity index (χ1n) is 5.50. The minimum Gasteiger partial charge on any atom is -0.389 e. The molecule has 0 saturated heterocycles. The molecule has 2 heteroatoms. The fourth-order valence-corrected chi connectivity index (χ4v) is 1.66. The van der Waals surface area contributed by atoms with Crippen molar-refractivity contribution in [2.24, 2.45) is 5.92 Å². The first-order chi connectivity index (χ1) is 7.00. The van der Waals surface area contributed by atoms with E-state index < -0.39 is 0 Å². The molecule has 0 aliphatic heterocycles. The van der Waals surface area contributed by atoms with Gasteiger partial charge >= 0.3 is 0 Å². The fourth-order valence-electron chi connectivity index (χ4n) is 1.66. The second-order valence-corrected chi connectivity index (χ2v) is 4.54. The molecule has 2 nitrogen and oxygen atoms in total. The Labute approximate surface area is 92.5 Å². The van der Waals surface area contributed by atoms with Crippen molar-refractivity contribution >= 4 is 5.69 Å². The molecule has 0 aromatic heterocycles. The van der Waals surface area contributed by atoms with Crippen LogP contribution in [0.5, 0.6) is 0 Å². The molecule has 1 N–H and O–H groups in total. The van der Waals surface area contributed by atoms with Crippen LogP contribution >= 0.6 is 0 Å². The lowest BCUT2D eigenvalue weighted by Gasteiger charge is -2.21. The molecule has 15 heavy (non-hydrogen) atoms. The topological polar surface area (TPSA) is 23.5 Å². The number of benzene rings is 1. The summed E-state index contributed by atoms with van der Waals surface area (Å²) in [6.45, 7) is 7.25. The lowest BCUT2D eigenvalue weighted by Crippen LogP contribution is -2.22. The van der Waals surface area contributed by atoms with Crippen LogP contribution in [0.25, 0.3) is 0 Å². The second kappa shape index (κ2) is 5.17. The number of anilines is 1. The smallest absolute Gasteiger partial charge is 0.0761 e. The summed E-state index contributed by atoms with van der Waals surface area (Å²) in [5, 5.41) is 9.39. The maximum absolute atomic E-state index is 9.39. The van der Waals surface area contributed by atoms with E-state index in [0.717, 1.165) is 12.1 Å². The Morgan fingerprint density at radius 3 is 2.07 bits per heavy atom. The Kier molecular flexibility index (Phi) is 4.15. The molecular weight excluding hydrogens is 186 g/mol. The molecule has 84 valence electrons. The highest BCUT2D eigenvalue weighted by Gasteiger charge is 2.04. The molecule has 1 atom stereocenters. The lowest BCUT2D eigenvalue weighted by molar-refractivity contribution is 0.199. The van der Waals surface area contributed by atoms with Gasteiger partial charge in [-0.15, -0.1) is 0 Å². The van der Waals surface area contributed by atoms with Crippen LogP contribution in [0.4, 0.5) is 5.69 Å². The number of hydrogen-bond donors (Lipinski definition) is 1. The van der Waals surface area contributed by atoms with Gasteiger partial charge in [0.15, 0.2) is 0 Å². The van der Waals surface area contributed by atoms with Gasteiger partial charge in [-0.25, -0.2) is 0 Å². The van der Waals surface area contributed by atoms with Crippen LogP contribution in [-0.4, -0.2) is 18.7 Å². The monoisotopic (exact) mass is 207 g/mol. The van der Waals surface area contributed by atoms with Crippen LogP contribution in [0.15, 0.2) is 24.3 Å². The molecule has 0 spiro atoms. The van der Waals surface area contributed by atoms with Crippen LogP contribution in [0.2, 0.25) is 0 Å². The zero-order chi connectivity index (χ0) is 11.4. The number of aliphatic hydroxyl groups is 1. The van der Waals surface area contributed by atoms with Gasteiger partial charge in [0.05, 0.1) is 6.10 Å². The maximum atomic E-state index is 9.39. The van der Waals surface area contributed by atoms with E-state index in [0.29, 0.717) is 5.92 Å². The van der Waals surface area contributed by atoms with Gasteiger partial charge in [-0.2, -0.15) is 0 Å². The van der Waals surface area contributed by atoms with E-state index in [1.165, 1.54) is 5.69 Å². The third-order valence-electron chi connectivity index (χ3n) is 2.46. The zero-order valence-electron chi connectivity index (χ0n) is 10.1. The zero-order valence-corrected chi connectivity index (χ0v) is 10.1. The van der Waals surface area contributed by atoms with Crippen molar-refractivity contribution in [1.29, 1.82) is 0 Å². The van der Waals surface area contributed by atoms with E-state index >= 15 is 0 Å². The normalized spacial score (nSPS) is 12.9. The Morgan fingerprint density at radius 2 is 1.67 bits per heavy atom. The molecule has 1 aromatic carbocycles. The number of hydrogen-bond acceptors (Lipinski definition) is 2. The van der Waals surface area contributed by atoms with E-state index in [2.05, 4.69) is 37.9 Å². The van der Waals surface area contributed by atoms with Gasteiger partial charge < -0.3 is 10.0 Å². The molecule has 0 heterocycles. The maximum Gasteiger partial charge on any atom is 0.0761 e. The molecule has 0 aliphatic rings. The van der Waals surface area contributed by atoms with Crippen molar-refractivity contribution < 1.29 is 5.11 Å². The van der Waals surface area contributed by atoms with Crippen LogP contribution in [-0.2, 0) is 0 Å². The Balaban J connectivity index is 2.71. The van der Waals surface area contributed by atoms with Crippen LogP contribution in [0, 0.1) is 5.92 Å². The van der Waals surface area contributed by atoms with Crippen LogP contribution < -0.4 is 4.90 Å². The summed E-state index contributed by atoms with van der Waals surface area (Å²) in [5.74, 6) is 0.659. The molecule has 0 radical (unpaired) electrons. The SMILES string of the molecule is CC(C)CN(C)c1ccc([C@@H](C)O)cc1. The van der Waals surface area contributed by atoms with Crippen LogP contribution in [0.1, 0.15) is 32.4 Å². The molecule has 0 fully saturated rings. The largest absolute Gasteiger partial charge is 0.389 e. The quantitative estimate of drug-likeness (QED) is 0.820. The molecule has 0 saturated carbocycles. The van der Waals surface area contributed by atoms with Crippen molar-refractivity contribution in [3.05, 3.63) is 29.8 Å². The lowest BCUT2D eigenvalue weighted by atomic mass is 10.1. The van der Waals surface area contributed by atoms with Crippen LogP contribution in [0.3, 0.4) is 0 Å². The highest BCUT2D eigenvalue weighted by atomic mass is 16.3. The molecular formula is C13H21NO. The number of aliphatic hydroxyl groups excluding tert-OH is 1. The van der Waals surface area contributed by atoms with Gasteiger partial charge in [0.2, 0.25) is 0 Å². The van der Waals surface area contributed by atoms with Crippen molar-refractivity contribution in [1.82, 2.24) is 0 Å². The van der Waals surface area contributed by atoms with E-state index in [9.17, 15) is 5.11 Å². The molecule has 0 bridgehead atoms. The Bertz CT molecular complexity index is 290. The average Bonchev–Trinajstić information content (AvgIpc) is 2.17. The molecule has 0 aliphatic carbocycles. The molecule has 1 rings (SSSR count). The van der Waals surface area contributed by atoms with Crippen molar-refractivity contribution in [3.8, 4) is 0 Å².